The lowest BCUT2D eigenvalue weighted by Crippen LogP contribution is -2.50. The van der Waals surface area contributed by atoms with Gasteiger partial charge in [-0.15, -0.1) is 0 Å². The first-order chi connectivity index (χ1) is 19.3. The van der Waals surface area contributed by atoms with Gasteiger partial charge in [-0.05, 0) is 88.0 Å². The van der Waals surface area contributed by atoms with E-state index >= 15 is 4.39 Å². The van der Waals surface area contributed by atoms with Gasteiger partial charge in [-0.2, -0.15) is 23.5 Å². The van der Waals surface area contributed by atoms with E-state index in [1.165, 1.54) is 17.8 Å². The molecule has 1 aromatic carbocycles. The molecule has 1 heterocycles. The molecule has 0 aliphatic heterocycles. The number of carbonyl (C=O) groups is 3. The van der Waals surface area contributed by atoms with Crippen molar-refractivity contribution in [2.75, 3.05) is 11.9 Å². The van der Waals surface area contributed by atoms with Crippen molar-refractivity contribution in [3.05, 3.63) is 47.0 Å². The van der Waals surface area contributed by atoms with Gasteiger partial charge in [0.05, 0.1) is 23.2 Å². The van der Waals surface area contributed by atoms with E-state index in [1.54, 1.807) is 11.4 Å². The largest absolute Gasteiger partial charge is 0.405 e. The van der Waals surface area contributed by atoms with Crippen molar-refractivity contribution in [1.82, 2.24) is 20.4 Å². The third kappa shape index (κ3) is 7.23. The summed E-state index contributed by atoms with van der Waals surface area (Å²) in [7, 11) is 0. The lowest BCUT2D eigenvalue weighted by Gasteiger charge is -2.28. The highest BCUT2D eigenvalue weighted by Gasteiger charge is 2.48. The Hall–Kier alpha value is -3.95. The molecule has 0 radical (unpaired) electrons. The van der Waals surface area contributed by atoms with Crippen LogP contribution in [0.25, 0.3) is 0 Å². The quantitative estimate of drug-likeness (QED) is 0.341. The number of rotatable bonds is 11. The molecule has 9 nitrogen and oxygen atoms in total. The Labute approximate surface area is 234 Å². The Kier molecular flexibility index (Phi) is 8.70. The highest BCUT2D eigenvalue weighted by molar-refractivity contribution is 6.01. The van der Waals surface area contributed by atoms with Gasteiger partial charge in [0.1, 0.15) is 24.1 Å². The minimum Gasteiger partial charge on any atom is -0.346 e. The molecule has 41 heavy (non-hydrogen) atoms. The van der Waals surface area contributed by atoms with Gasteiger partial charge >= 0.3 is 6.18 Å². The monoisotopic (exact) mass is 576 g/mol. The summed E-state index contributed by atoms with van der Waals surface area (Å²) < 4.78 is 54.3. The first-order valence-electron chi connectivity index (χ1n) is 13.5. The Bertz CT molecular complexity index is 1350. The summed E-state index contributed by atoms with van der Waals surface area (Å²) >= 11 is 0. The minimum absolute atomic E-state index is 0.101. The number of benzene rings is 1. The van der Waals surface area contributed by atoms with Crippen LogP contribution in [0.5, 0.6) is 0 Å². The topological polar surface area (TPSA) is 129 Å². The first kappa shape index (κ1) is 30.0. The number of nitrogens with one attached hydrogen (secondary N) is 3. The molecule has 0 spiro atoms. The molecular weight excluding hydrogens is 544 g/mol. The SMILES string of the molecule is CC(C)n1nccc1C(=O)N[C@H](C(=O)Nc1cc(C#N)c([C@H](C)C(=O)NCC(F)(F)F)cc1F)C(C1CC1)C1CC1. The van der Waals surface area contributed by atoms with Crippen molar-refractivity contribution in [3.8, 4) is 6.07 Å². The summed E-state index contributed by atoms with van der Waals surface area (Å²) in [6.45, 7) is 3.42. The second-order valence-corrected chi connectivity index (χ2v) is 11.0. The maximum absolute atomic E-state index is 15.2. The molecule has 0 saturated heterocycles. The number of hydrogen-bond donors (Lipinski definition) is 3. The van der Waals surface area contributed by atoms with E-state index in [2.05, 4.69) is 15.7 Å². The Morgan fingerprint density at radius 1 is 1.10 bits per heavy atom. The van der Waals surface area contributed by atoms with Crippen LogP contribution in [-0.2, 0) is 9.59 Å². The van der Waals surface area contributed by atoms with Gasteiger partial charge < -0.3 is 16.0 Å². The predicted octanol–water partition coefficient (Wildman–Crippen LogP) is 4.43. The number of anilines is 1. The summed E-state index contributed by atoms with van der Waals surface area (Å²) in [5.74, 6) is -4.07. The first-order valence-corrected chi connectivity index (χ1v) is 13.5. The Morgan fingerprint density at radius 2 is 1.73 bits per heavy atom. The van der Waals surface area contributed by atoms with Crippen LogP contribution in [0, 0.1) is 34.9 Å². The lowest BCUT2D eigenvalue weighted by molar-refractivity contribution is -0.139. The average Bonchev–Trinajstić information content (AvgIpc) is 3.86. The number of aromatic nitrogens is 2. The molecule has 0 bridgehead atoms. The number of carbonyl (C=O) groups excluding carboxylic acids is 3. The molecule has 2 aliphatic carbocycles. The number of halogens is 4. The fourth-order valence-corrected chi connectivity index (χ4v) is 5.18. The highest BCUT2D eigenvalue weighted by atomic mass is 19.4. The number of nitriles is 1. The molecule has 3 N–H and O–H groups in total. The van der Waals surface area contributed by atoms with Gasteiger partial charge in [-0.25, -0.2) is 4.39 Å². The summed E-state index contributed by atoms with van der Waals surface area (Å²) in [6.07, 6.45) is 0.530. The molecule has 2 atom stereocenters. The number of amides is 3. The fraction of sp³-hybridized carbons (Fsp3) is 0.536. The van der Waals surface area contributed by atoms with Crippen LogP contribution in [-0.4, -0.2) is 46.3 Å². The summed E-state index contributed by atoms with van der Waals surface area (Å²) in [5, 5.41) is 20.9. The minimum atomic E-state index is -4.63. The second kappa shape index (κ2) is 11.9. The zero-order chi connectivity index (χ0) is 30.1. The third-order valence-electron chi connectivity index (χ3n) is 7.52. The second-order valence-electron chi connectivity index (χ2n) is 11.0. The van der Waals surface area contributed by atoms with Crippen LogP contribution in [0.2, 0.25) is 0 Å². The molecule has 2 saturated carbocycles. The van der Waals surface area contributed by atoms with Crippen LogP contribution in [0.3, 0.4) is 0 Å². The van der Waals surface area contributed by atoms with Gasteiger partial charge in [0.2, 0.25) is 11.8 Å². The van der Waals surface area contributed by atoms with E-state index in [0.29, 0.717) is 0 Å². The van der Waals surface area contributed by atoms with Gasteiger partial charge in [0.15, 0.2) is 0 Å². The van der Waals surface area contributed by atoms with Crippen molar-refractivity contribution in [2.24, 2.45) is 17.8 Å². The molecule has 3 amide bonds. The summed E-state index contributed by atoms with van der Waals surface area (Å²) in [5.41, 5.74) is -0.361. The van der Waals surface area contributed by atoms with Crippen LogP contribution < -0.4 is 16.0 Å². The van der Waals surface area contributed by atoms with E-state index in [9.17, 15) is 32.8 Å². The summed E-state index contributed by atoms with van der Waals surface area (Å²) in [6, 6.07) is 4.20. The molecule has 13 heteroatoms. The lowest BCUT2D eigenvalue weighted by atomic mass is 9.88. The van der Waals surface area contributed by atoms with Crippen molar-refractivity contribution < 1.29 is 31.9 Å². The standard InChI is InChI=1S/C28H32F4N6O3/c1-14(2)38-22(8-9-35-38)26(40)37-24(23(16-4-5-16)17-6-7-17)27(41)36-21-10-18(12-33)19(11-20(21)29)15(3)25(39)34-13-28(30,31)32/h8-11,14-17,23-24H,4-7,13H2,1-3H3,(H,34,39)(H,36,41)(H,37,40)/t15-,24-/m0/s1. The fourth-order valence-electron chi connectivity index (χ4n) is 5.18. The third-order valence-corrected chi connectivity index (χ3v) is 7.52. The molecule has 2 aliphatic rings. The van der Waals surface area contributed by atoms with Crippen molar-refractivity contribution in [1.29, 1.82) is 5.26 Å². The average molecular weight is 577 g/mol. The molecule has 2 fully saturated rings. The van der Waals surface area contributed by atoms with E-state index < -0.39 is 48.2 Å². The molecule has 0 unspecified atom stereocenters. The summed E-state index contributed by atoms with van der Waals surface area (Å²) in [4.78, 5) is 39.2. The molecular formula is C28H32F4N6O3. The van der Waals surface area contributed by atoms with Gasteiger partial charge in [-0.3, -0.25) is 19.1 Å². The van der Waals surface area contributed by atoms with Crippen LogP contribution in [0.4, 0.5) is 23.2 Å². The van der Waals surface area contributed by atoms with Gasteiger partial charge in [0, 0.05) is 12.2 Å². The smallest absolute Gasteiger partial charge is 0.346 e. The molecule has 220 valence electrons. The molecule has 2 aromatic rings. The number of alkyl halides is 3. The van der Waals surface area contributed by atoms with Crippen molar-refractivity contribution >= 4 is 23.4 Å². The van der Waals surface area contributed by atoms with Crippen LogP contribution >= 0.6 is 0 Å². The van der Waals surface area contributed by atoms with Crippen molar-refractivity contribution in [3.63, 3.8) is 0 Å². The van der Waals surface area contributed by atoms with E-state index in [1.807, 2.05) is 19.9 Å². The van der Waals surface area contributed by atoms with Gasteiger partial charge in [0.25, 0.3) is 5.91 Å². The van der Waals surface area contributed by atoms with Gasteiger partial charge in [-0.1, -0.05) is 0 Å². The number of nitrogens with zero attached hydrogens (tertiary/aromatic N) is 3. The Morgan fingerprint density at radius 3 is 2.27 bits per heavy atom. The zero-order valence-corrected chi connectivity index (χ0v) is 22.9. The maximum atomic E-state index is 15.2. The number of hydrogen-bond acceptors (Lipinski definition) is 5. The predicted molar refractivity (Wildman–Crippen MR) is 140 cm³/mol. The van der Waals surface area contributed by atoms with Crippen LogP contribution in [0.15, 0.2) is 24.4 Å². The highest BCUT2D eigenvalue weighted by Crippen LogP contribution is 2.51. The zero-order valence-electron chi connectivity index (χ0n) is 22.9. The van der Waals surface area contributed by atoms with E-state index in [0.717, 1.165) is 37.8 Å². The van der Waals surface area contributed by atoms with Crippen molar-refractivity contribution in [2.45, 2.75) is 70.6 Å². The van der Waals surface area contributed by atoms with E-state index in [-0.39, 0.29) is 46.3 Å². The van der Waals surface area contributed by atoms with Crippen LogP contribution in [0.1, 0.15) is 80.0 Å². The normalized spacial score (nSPS) is 16.7. The molecule has 4 rings (SSSR count). The van der Waals surface area contributed by atoms with E-state index in [4.69, 9.17) is 0 Å². The maximum Gasteiger partial charge on any atom is 0.405 e. The molecule has 1 aromatic heterocycles. The Balaban J connectivity index is 1.57.